The molecule has 0 fully saturated rings. The first kappa shape index (κ1) is 52.7. The second-order valence-corrected chi connectivity index (χ2v) is 7.41. The number of hydrogen-bond acceptors (Lipinski definition) is 6. The van der Waals surface area contributed by atoms with E-state index in [4.69, 9.17) is 74.5 Å². The third kappa shape index (κ3) is 34.7. The molecular formula is C15H36N3NaO3PdS6. The average molecular weight is 628 g/mol. The Hall–Kier alpha value is 1.87. The van der Waals surface area contributed by atoms with Gasteiger partial charge in [-0.1, -0.05) is 13.0 Å². The second-order valence-electron chi connectivity index (χ2n) is 4.31. The minimum atomic E-state index is 0. The van der Waals surface area contributed by atoms with Crippen molar-refractivity contribution in [2.75, 3.05) is 39.3 Å². The maximum Gasteiger partial charge on any atom is 2.00 e. The van der Waals surface area contributed by atoms with Crippen LogP contribution >= 0.6 is 36.7 Å². The summed E-state index contributed by atoms with van der Waals surface area (Å²) in [5, 5.41) is 0. The Kier molecular flexibility index (Phi) is 67.6. The van der Waals surface area contributed by atoms with E-state index in [9.17, 15) is 0 Å². The van der Waals surface area contributed by atoms with Crippen molar-refractivity contribution in [2.24, 2.45) is 0 Å². The molecule has 0 aromatic rings. The van der Waals surface area contributed by atoms with Crippen molar-refractivity contribution < 1.29 is 66.4 Å². The molecule has 0 aliphatic heterocycles. The molecule has 0 bridgehead atoms. The van der Waals surface area contributed by atoms with E-state index in [1.807, 2.05) is 56.2 Å². The Morgan fingerprint density at radius 3 is 0.621 bits per heavy atom. The standard InChI is InChI=1S/3C5H11NS2.Na.3H2O.Pd/c3*1-3-6(4-2)5(7)8;;;;;/h3*3-4H2,1-2H3,(H,7,8);;3*1H2;/q;;;+1;;;;+2/p-3. The summed E-state index contributed by atoms with van der Waals surface area (Å²) in [7, 11) is 0. The van der Waals surface area contributed by atoms with Crippen LogP contribution in [0.15, 0.2) is 0 Å². The first-order chi connectivity index (χ1) is 11.2. The summed E-state index contributed by atoms with van der Waals surface area (Å²) in [6.45, 7) is 17.8. The number of rotatable bonds is 6. The van der Waals surface area contributed by atoms with Gasteiger partial charge in [0.1, 0.15) is 0 Å². The van der Waals surface area contributed by atoms with Crippen molar-refractivity contribution >= 4 is 87.5 Å². The summed E-state index contributed by atoms with van der Waals surface area (Å²) in [4.78, 5) is 5.89. The topological polar surface area (TPSA) is 104 Å². The second kappa shape index (κ2) is 37.2. The van der Waals surface area contributed by atoms with Crippen molar-refractivity contribution in [1.82, 2.24) is 14.7 Å². The summed E-state index contributed by atoms with van der Waals surface area (Å²) < 4.78 is 1.74. The van der Waals surface area contributed by atoms with Gasteiger partial charge in [0, 0.05) is 39.3 Å². The summed E-state index contributed by atoms with van der Waals surface area (Å²) in [6, 6.07) is 0. The van der Waals surface area contributed by atoms with E-state index in [0.717, 1.165) is 39.3 Å². The minimum absolute atomic E-state index is 0. The molecule has 0 atom stereocenters. The summed E-state index contributed by atoms with van der Waals surface area (Å²) in [5.74, 6) is 0. The fourth-order valence-corrected chi connectivity index (χ4v) is 2.99. The molecule has 0 saturated heterocycles. The largest absolute Gasteiger partial charge is 2.00 e. The van der Waals surface area contributed by atoms with Crippen LogP contribution in [0.25, 0.3) is 0 Å². The predicted octanol–water partition coefficient (Wildman–Crippen LogP) is -1.99. The van der Waals surface area contributed by atoms with Crippen molar-refractivity contribution in [2.45, 2.75) is 41.5 Å². The maximum atomic E-state index is 4.76. The molecule has 0 spiro atoms. The monoisotopic (exact) mass is 627 g/mol. The predicted molar refractivity (Wildman–Crippen MR) is 139 cm³/mol. The Labute approximate surface area is 246 Å². The van der Waals surface area contributed by atoms with Crippen LogP contribution in [0.1, 0.15) is 41.5 Å². The van der Waals surface area contributed by atoms with Crippen LogP contribution in [-0.4, -0.2) is 83.4 Å². The molecule has 0 aromatic heterocycles. The molecule has 0 aliphatic carbocycles. The zero-order chi connectivity index (χ0) is 19.7. The molecule has 0 amide bonds. The molecule has 0 heterocycles. The zero-order valence-electron chi connectivity index (χ0n) is 18.3. The van der Waals surface area contributed by atoms with Gasteiger partial charge in [-0.3, -0.25) is 0 Å². The average Bonchev–Trinajstić information content (AvgIpc) is 2.51. The quantitative estimate of drug-likeness (QED) is 0.188. The number of hydrogen-bond donors (Lipinski definition) is 0. The van der Waals surface area contributed by atoms with Gasteiger partial charge >= 0.3 is 50.0 Å². The molecule has 0 radical (unpaired) electrons. The molecule has 0 unspecified atom stereocenters. The first-order valence-electron chi connectivity index (χ1n) is 8.04. The van der Waals surface area contributed by atoms with Crippen molar-refractivity contribution in [3.8, 4) is 0 Å². The fraction of sp³-hybridized carbons (Fsp3) is 0.800. The van der Waals surface area contributed by atoms with E-state index >= 15 is 0 Å². The maximum absolute atomic E-state index is 4.76. The van der Waals surface area contributed by atoms with Crippen LogP contribution in [0, 0.1) is 0 Å². The van der Waals surface area contributed by atoms with Gasteiger partial charge in [-0.2, -0.15) is 0 Å². The molecule has 6 N–H and O–H groups in total. The van der Waals surface area contributed by atoms with E-state index in [1.54, 1.807) is 0 Å². The smallest absolute Gasteiger partial charge is 0.412 e. The molecule has 0 rings (SSSR count). The summed E-state index contributed by atoms with van der Waals surface area (Å²) in [5.41, 5.74) is 0. The molecule has 0 saturated carbocycles. The van der Waals surface area contributed by atoms with Gasteiger partial charge in [0.25, 0.3) is 0 Å². The van der Waals surface area contributed by atoms with Crippen LogP contribution in [0.4, 0.5) is 0 Å². The van der Waals surface area contributed by atoms with Gasteiger partial charge in [0.15, 0.2) is 0 Å². The van der Waals surface area contributed by atoms with E-state index in [2.05, 4.69) is 0 Å². The van der Waals surface area contributed by atoms with Gasteiger partial charge < -0.3 is 106 Å². The van der Waals surface area contributed by atoms with Gasteiger partial charge in [-0.05, 0) is 41.5 Å². The first-order valence-corrected chi connectivity index (χ1v) is 10.5. The summed E-state index contributed by atoms with van der Waals surface area (Å²) in [6.07, 6.45) is 0. The third-order valence-corrected chi connectivity index (χ3v) is 4.61. The molecule has 14 heteroatoms. The van der Waals surface area contributed by atoms with Crippen LogP contribution in [0.3, 0.4) is 0 Å². The van der Waals surface area contributed by atoms with E-state index in [1.165, 1.54) is 0 Å². The van der Waals surface area contributed by atoms with Gasteiger partial charge in [-0.15, -0.1) is 0 Å². The molecule has 0 aromatic carbocycles. The van der Waals surface area contributed by atoms with Gasteiger partial charge in [-0.25, -0.2) is 0 Å². The van der Waals surface area contributed by atoms with E-state index < -0.39 is 0 Å². The number of thiocarbonyl (C=S) groups is 3. The van der Waals surface area contributed by atoms with Crippen molar-refractivity contribution in [1.29, 1.82) is 0 Å². The molecule has 0 aliphatic rings. The van der Waals surface area contributed by atoms with Crippen LogP contribution in [-0.2, 0) is 58.3 Å². The Morgan fingerprint density at radius 1 is 0.517 bits per heavy atom. The zero-order valence-corrected chi connectivity index (χ0v) is 26.8. The van der Waals surface area contributed by atoms with Gasteiger partial charge in [0.2, 0.25) is 0 Å². The van der Waals surface area contributed by atoms with Crippen LogP contribution in [0.2, 0.25) is 0 Å². The molecule has 29 heavy (non-hydrogen) atoms. The van der Waals surface area contributed by atoms with E-state index in [-0.39, 0.29) is 66.4 Å². The van der Waals surface area contributed by atoms with Crippen molar-refractivity contribution in [3.63, 3.8) is 0 Å². The number of nitrogens with zero attached hydrogens (tertiary/aromatic N) is 3. The Balaban J connectivity index is -0.0000000350. The molecular weight excluding hydrogens is 592 g/mol. The van der Waals surface area contributed by atoms with E-state index in [0.29, 0.717) is 13.0 Å². The summed E-state index contributed by atoms with van der Waals surface area (Å²) >= 11 is 28.5. The Morgan fingerprint density at radius 2 is 0.621 bits per heavy atom. The Bertz CT molecular complexity index is 314. The molecule has 176 valence electrons. The molecule has 6 nitrogen and oxygen atoms in total. The van der Waals surface area contributed by atoms with Crippen molar-refractivity contribution in [3.05, 3.63) is 0 Å². The van der Waals surface area contributed by atoms with Crippen LogP contribution < -0.4 is 29.6 Å². The minimum Gasteiger partial charge on any atom is -0.412 e. The SMILES string of the molecule is CCN(CC)C(=S)[S-].CCN(CC)C(=S)[S-].CCN(CC)C(=S)[S-].O.O.O.[Na+].[Pd+2]. The normalized spacial score (nSPS) is 7.24. The fourth-order valence-electron chi connectivity index (χ4n) is 1.45. The van der Waals surface area contributed by atoms with Crippen LogP contribution in [0.5, 0.6) is 0 Å². The van der Waals surface area contributed by atoms with Gasteiger partial charge in [0.05, 0.1) is 0 Å². The third-order valence-electron chi connectivity index (χ3n) is 3.06.